The first-order valence-electron chi connectivity index (χ1n) is 11.4. The molecule has 1 fully saturated rings. The number of imidazole rings is 2. The molecule has 0 atom stereocenters. The number of benzene rings is 1. The standard InChI is InChI=1S/C23H28N8O3/c1-4-17-24-15-7-5-6-8-16(15)31(17)23-26-19-18(20(27-23)30-10-13-34-14-11-30)25-21(29(19)3)22(33)28(2)9-12-32/h5-8,32H,4,9-14H2,1-3H3. The molecule has 1 aromatic carbocycles. The Morgan fingerprint density at radius 3 is 2.65 bits per heavy atom. The topological polar surface area (TPSA) is 114 Å². The van der Waals surface area contributed by atoms with Gasteiger partial charge in [0.25, 0.3) is 5.91 Å². The summed E-state index contributed by atoms with van der Waals surface area (Å²) < 4.78 is 9.22. The highest BCUT2D eigenvalue weighted by molar-refractivity contribution is 5.96. The van der Waals surface area contributed by atoms with Crippen LogP contribution in [0.15, 0.2) is 24.3 Å². The molecule has 11 heteroatoms. The molecule has 0 spiro atoms. The molecule has 1 saturated heterocycles. The Kier molecular flexibility index (Phi) is 5.88. The van der Waals surface area contributed by atoms with Gasteiger partial charge in [0, 0.05) is 40.2 Å². The van der Waals surface area contributed by atoms with E-state index in [2.05, 4.69) is 16.8 Å². The summed E-state index contributed by atoms with van der Waals surface area (Å²) in [5.41, 5.74) is 2.93. The molecule has 0 radical (unpaired) electrons. The number of likely N-dealkylation sites (N-methyl/N-ethyl adjacent to an activating group) is 1. The SMILES string of the molecule is CCc1nc2ccccc2n1-c1nc(N2CCOCC2)c2nc(C(=O)N(C)CCO)n(C)c2n1. The predicted octanol–water partition coefficient (Wildman–Crippen LogP) is 1.17. The van der Waals surface area contributed by atoms with Crippen LogP contribution in [-0.2, 0) is 18.2 Å². The second kappa shape index (κ2) is 8.99. The highest BCUT2D eigenvalue weighted by Gasteiger charge is 2.27. The molecule has 1 aliphatic rings. The lowest BCUT2D eigenvalue weighted by molar-refractivity contribution is 0.0752. The van der Waals surface area contributed by atoms with E-state index in [1.165, 1.54) is 4.90 Å². The van der Waals surface area contributed by atoms with Crippen molar-refractivity contribution in [2.24, 2.45) is 7.05 Å². The molecule has 11 nitrogen and oxygen atoms in total. The zero-order valence-electron chi connectivity index (χ0n) is 19.6. The summed E-state index contributed by atoms with van der Waals surface area (Å²) in [6.07, 6.45) is 0.712. The van der Waals surface area contributed by atoms with Crippen molar-refractivity contribution in [1.29, 1.82) is 0 Å². The third-order valence-corrected chi connectivity index (χ3v) is 6.12. The maximum atomic E-state index is 13.0. The third-order valence-electron chi connectivity index (χ3n) is 6.12. The number of amides is 1. The van der Waals surface area contributed by atoms with Crippen LogP contribution in [0.2, 0.25) is 0 Å². The van der Waals surface area contributed by atoms with E-state index in [0.717, 1.165) is 16.9 Å². The fraction of sp³-hybridized carbons (Fsp3) is 0.435. The Bertz CT molecular complexity index is 1360. The van der Waals surface area contributed by atoms with Gasteiger partial charge in [0.2, 0.25) is 11.8 Å². The van der Waals surface area contributed by atoms with Crippen LogP contribution >= 0.6 is 0 Å². The average molecular weight is 465 g/mol. The van der Waals surface area contributed by atoms with Crippen molar-refractivity contribution in [3.8, 4) is 5.95 Å². The number of morpholine rings is 1. The molecule has 0 saturated carbocycles. The molecular formula is C23H28N8O3. The average Bonchev–Trinajstić information content (AvgIpc) is 3.41. The molecule has 34 heavy (non-hydrogen) atoms. The van der Waals surface area contributed by atoms with Crippen molar-refractivity contribution < 1.29 is 14.6 Å². The molecule has 4 aromatic rings. The Hall–Kier alpha value is -3.57. The van der Waals surface area contributed by atoms with Crippen LogP contribution < -0.4 is 4.90 Å². The Labute approximate surface area is 196 Å². The van der Waals surface area contributed by atoms with Crippen LogP contribution in [-0.4, -0.2) is 91.5 Å². The fourth-order valence-electron chi connectivity index (χ4n) is 4.28. The van der Waals surface area contributed by atoms with E-state index >= 15 is 0 Å². The Balaban J connectivity index is 1.75. The van der Waals surface area contributed by atoms with E-state index in [4.69, 9.17) is 19.7 Å². The van der Waals surface area contributed by atoms with Crippen molar-refractivity contribution in [2.75, 3.05) is 51.4 Å². The number of hydrogen-bond acceptors (Lipinski definition) is 8. The lowest BCUT2D eigenvalue weighted by atomic mass is 10.3. The molecule has 0 bridgehead atoms. The second-order valence-electron chi connectivity index (χ2n) is 8.27. The van der Waals surface area contributed by atoms with E-state index in [1.54, 1.807) is 18.7 Å². The number of aryl methyl sites for hydroxylation is 2. The van der Waals surface area contributed by atoms with Crippen LogP contribution in [0.1, 0.15) is 23.4 Å². The molecule has 1 N–H and O–H groups in total. The molecule has 1 amide bonds. The number of aliphatic hydroxyl groups is 1. The minimum Gasteiger partial charge on any atom is -0.395 e. The van der Waals surface area contributed by atoms with Gasteiger partial charge in [0.1, 0.15) is 5.82 Å². The summed E-state index contributed by atoms with van der Waals surface area (Å²) in [6, 6.07) is 7.92. The smallest absolute Gasteiger partial charge is 0.289 e. The number of carbonyl (C=O) groups is 1. The van der Waals surface area contributed by atoms with Gasteiger partial charge < -0.3 is 24.2 Å². The summed E-state index contributed by atoms with van der Waals surface area (Å²) in [5, 5.41) is 9.26. The van der Waals surface area contributed by atoms with E-state index in [1.807, 2.05) is 28.8 Å². The first-order valence-corrected chi connectivity index (χ1v) is 11.4. The van der Waals surface area contributed by atoms with Gasteiger partial charge in [0.15, 0.2) is 17.0 Å². The van der Waals surface area contributed by atoms with Crippen molar-refractivity contribution in [2.45, 2.75) is 13.3 Å². The summed E-state index contributed by atoms with van der Waals surface area (Å²) in [6.45, 7) is 4.66. The number of carbonyl (C=O) groups excluding carboxylic acids is 1. The van der Waals surface area contributed by atoms with Gasteiger partial charge in [-0.2, -0.15) is 9.97 Å². The largest absolute Gasteiger partial charge is 0.395 e. The number of para-hydroxylation sites is 2. The quantitative estimate of drug-likeness (QED) is 0.452. The first kappa shape index (κ1) is 22.2. The number of hydrogen-bond donors (Lipinski definition) is 1. The molecule has 0 aliphatic carbocycles. The Morgan fingerprint density at radius 2 is 1.91 bits per heavy atom. The van der Waals surface area contributed by atoms with Crippen molar-refractivity contribution >= 4 is 33.9 Å². The molecule has 5 rings (SSSR count). The number of rotatable bonds is 6. The highest BCUT2D eigenvalue weighted by Crippen LogP contribution is 2.28. The van der Waals surface area contributed by atoms with E-state index in [-0.39, 0.29) is 24.9 Å². The van der Waals surface area contributed by atoms with Crippen molar-refractivity contribution in [3.63, 3.8) is 0 Å². The van der Waals surface area contributed by atoms with E-state index < -0.39 is 0 Å². The van der Waals surface area contributed by atoms with Gasteiger partial charge >= 0.3 is 0 Å². The molecule has 4 heterocycles. The summed E-state index contributed by atoms with van der Waals surface area (Å²) >= 11 is 0. The highest BCUT2D eigenvalue weighted by atomic mass is 16.5. The van der Waals surface area contributed by atoms with Crippen LogP contribution in [0.3, 0.4) is 0 Å². The van der Waals surface area contributed by atoms with Gasteiger partial charge in [-0.3, -0.25) is 9.36 Å². The lowest BCUT2D eigenvalue weighted by Crippen LogP contribution is -2.37. The molecule has 3 aromatic heterocycles. The zero-order chi connectivity index (χ0) is 23.8. The monoisotopic (exact) mass is 464 g/mol. The number of ether oxygens (including phenoxy) is 1. The normalized spacial score (nSPS) is 14.3. The number of nitrogens with zero attached hydrogens (tertiary/aromatic N) is 8. The minimum atomic E-state index is -0.286. The molecule has 178 valence electrons. The number of anilines is 1. The number of fused-ring (bicyclic) bond motifs is 2. The first-order chi connectivity index (χ1) is 16.5. The van der Waals surface area contributed by atoms with Crippen LogP contribution in [0.5, 0.6) is 0 Å². The molecule has 0 unspecified atom stereocenters. The van der Waals surface area contributed by atoms with Gasteiger partial charge in [-0.25, -0.2) is 9.97 Å². The van der Waals surface area contributed by atoms with Gasteiger partial charge in [-0.1, -0.05) is 19.1 Å². The fourth-order valence-corrected chi connectivity index (χ4v) is 4.28. The van der Waals surface area contributed by atoms with E-state index in [0.29, 0.717) is 55.7 Å². The molecule has 1 aliphatic heterocycles. The Morgan fingerprint density at radius 1 is 1.15 bits per heavy atom. The van der Waals surface area contributed by atoms with Crippen LogP contribution in [0, 0.1) is 0 Å². The summed E-state index contributed by atoms with van der Waals surface area (Å²) in [5.74, 6) is 1.98. The number of aliphatic hydroxyl groups excluding tert-OH is 1. The van der Waals surface area contributed by atoms with Crippen LogP contribution in [0.25, 0.3) is 28.1 Å². The van der Waals surface area contributed by atoms with Crippen LogP contribution in [0.4, 0.5) is 5.82 Å². The van der Waals surface area contributed by atoms with Gasteiger partial charge in [-0.15, -0.1) is 0 Å². The third kappa shape index (κ3) is 3.66. The van der Waals surface area contributed by atoms with Gasteiger partial charge in [0.05, 0.1) is 30.9 Å². The number of aromatic nitrogens is 6. The minimum absolute atomic E-state index is 0.122. The van der Waals surface area contributed by atoms with Crippen molar-refractivity contribution in [1.82, 2.24) is 34.0 Å². The molecular weight excluding hydrogens is 436 g/mol. The lowest BCUT2D eigenvalue weighted by Gasteiger charge is -2.28. The second-order valence-corrected chi connectivity index (χ2v) is 8.27. The van der Waals surface area contributed by atoms with Crippen molar-refractivity contribution in [3.05, 3.63) is 35.9 Å². The van der Waals surface area contributed by atoms with Gasteiger partial charge in [-0.05, 0) is 12.1 Å². The maximum absolute atomic E-state index is 13.0. The zero-order valence-corrected chi connectivity index (χ0v) is 19.6. The maximum Gasteiger partial charge on any atom is 0.289 e. The van der Waals surface area contributed by atoms with E-state index in [9.17, 15) is 9.90 Å². The summed E-state index contributed by atoms with van der Waals surface area (Å²) in [7, 11) is 3.42. The summed E-state index contributed by atoms with van der Waals surface area (Å²) in [4.78, 5) is 35.9. The predicted molar refractivity (Wildman–Crippen MR) is 127 cm³/mol.